The molecule has 4 nitrogen and oxygen atoms in total. The van der Waals surface area contributed by atoms with Crippen LogP contribution < -0.4 is 5.32 Å². The van der Waals surface area contributed by atoms with Crippen LogP contribution in [0.15, 0.2) is 6.20 Å². The van der Waals surface area contributed by atoms with Gasteiger partial charge >= 0.3 is 0 Å². The van der Waals surface area contributed by atoms with E-state index in [0.717, 1.165) is 19.3 Å². The first-order valence-corrected chi connectivity index (χ1v) is 6.89. The summed E-state index contributed by atoms with van der Waals surface area (Å²) in [5.74, 6) is 0.234. The minimum atomic E-state index is -0.312. The van der Waals surface area contributed by atoms with Crippen LogP contribution in [0.5, 0.6) is 0 Å². The van der Waals surface area contributed by atoms with Gasteiger partial charge in [0.25, 0.3) is 5.91 Å². The van der Waals surface area contributed by atoms with E-state index < -0.39 is 0 Å². The highest BCUT2D eigenvalue weighted by Gasteiger charge is 2.31. The van der Waals surface area contributed by atoms with E-state index in [2.05, 4.69) is 17.2 Å². The molecular formula is C12H18N2O2S. The van der Waals surface area contributed by atoms with Gasteiger partial charge < -0.3 is 4.74 Å². The Morgan fingerprint density at radius 3 is 3.18 bits per heavy atom. The standard InChI is InChI=1S/C12H18N2O2S/c1-3-4-9-7-13-12(17-9)14-11(15)10-8(2)5-6-16-10/h7-8,10H,3-6H2,1-2H3,(H,13,14,15)/t8-,10+/m1/s1. The van der Waals surface area contributed by atoms with Crippen molar-refractivity contribution in [3.8, 4) is 0 Å². The minimum absolute atomic E-state index is 0.0626. The summed E-state index contributed by atoms with van der Waals surface area (Å²) >= 11 is 1.55. The number of aryl methyl sites for hydroxylation is 1. The second-order valence-corrected chi connectivity index (χ2v) is 5.54. The molecule has 0 bridgehead atoms. The third-order valence-corrected chi connectivity index (χ3v) is 3.90. The van der Waals surface area contributed by atoms with Gasteiger partial charge in [0.1, 0.15) is 6.10 Å². The molecule has 94 valence electrons. The second-order valence-electron chi connectivity index (χ2n) is 4.43. The minimum Gasteiger partial charge on any atom is -0.368 e. The van der Waals surface area contributed by atoms with E-state index in [1.54, 1.807) is 11.3 Å². The van der Waals surface area contributed by atoms with Gasteiger partial charge in [0.05, 0.1) is 0 Å². The number of nitrogens with zero attached hydrogens (tertiary/aromatic N) is 1. The maximum absolute atomic E-state index is 11.9. The summed E-state index contributed by atoms with van der Waals surface area (Å²) in [6, 6.07) is 0. The summed E-state index contributed by atoms with van der Waals surface area (Å²) in [6.45, 7) is 4.85. The van der Waals surface area contributed by atoms with Gasteiger partial charge in [-0.2, -0.15) is 0 Å². The van der Waals surface area contributed by atoms with Gasteiger partial charge in [-0.25, -0.2) is 4.98 Å². The lowest BCUT2D eigenvalue weighted by Crippen LogP contribution is -2.31. The Labute approximate surface area is 105 Å². The maximum atomic E-state index is 11.9. The van der Waals surface area contributed by atoms with Crippen LogP contribution in [0, 0.1) is 5.92 Å². The van der Waals surface area contributed by atoms with E-state index in [0.29, 0.717) is 17.7 Å². The van der Waals surface area contributed by atoms with E-state index in [4.69, 9.17) is 4.74 Å². The van der Waals surface area contributed by atoms with Crippen LogP contribution in [0.3, 0.4) is 0 Å². The van der Waals surface area contributed by atoms with Gasteiger partial charge in [-0.05, 0) is 18.8 Å². The molecule has 2 heterocycles. The summed E-state index contributed by atoms with van der Waals surface area (Å²) in [5.41, 5.74) is 0. The molecule has 0 unspecified atom stereocenters. The predicted molar refractivity (Wildman–Crippen MR) is 68.3 cm³/mol. The van der Waals surface area contributed by atoms with E-state index >= 15 is 0 Å². The average Bonchev–Trinajstić information content (AvgIpc) is 2.88. The fourth-order valence-electron chi connectivity index (χ4n) is 1.93. The van der Waals surface area contributed by atoms with Crippen molar-refractivity contribution >= 4 is 22.4 Å². The molecular weight excluding hydrogens is 236 g/mol. The quantitative estimate of drug-likeness (QED) is 0.898. The highest BCUT2D eigenvalue weighted by molar-refractivity contribution is 7.15. The molecule has 5 heteroatoms. The Hall–Kier alpha value is -0.940. The summed E-state index contributed by atoms with van der Waals surface area (Å²) < 4.78 is 5.42. The topological polar surface area (TPSA) is 51.2 Å². The van der Waals surface area contributed by atoms with Gasteiger partial charge in [-0.1, -0.05) is 20.3 Å². The number of carbonyl (C=O) groups excluding carboxylic acids is 1. The summed E-state index contributed by atoms with van der Waals surface area (Å²) in [4.78, 5) is 17.3. The summed E-state index contributed by atoms with van der Waals surface area (Å²) in [5, 5.41) is 3.52. The first kappa shape index (κ1) is 12.5. The number of thiazole rings is 1. The lowest BCUT2D eigenvalue weighted by Gasteiger charge is -2.12. The summed E-state index contributed by atoms with van der Waals surface area (Å²) in [6.07, 6.45) is 4.59. The van der Waals surface area contributed by atoms with Crippen molar-refractivity contribution < 1.29 is 9.53 Å². The van der Waals surface area contributed by atoms with Gasteiger partial charge in [0.2, 0.25) is 0 Å². The van der Waals surface area contributed by atoms with Crippen molar-refractivity contribution in [1.82, 2.24) is 4.98 Å². The molecule has 0 aromatic carbocycles. The van der Waals surface area contributed by atoms with Crippen molar-refractivity contribution in [2.45, 2.75) is 39.2 Å². The molecule has 2 atom stereocenters. The van der Waals surface area contributed by atoms with Crippen molar-refractivity contribution in [2.75, 3.05) is 11.9 Å². The van der Waals surface area contributed by atoms with E-state index in [9.17, 15) is 4.79 Å². The number of amides is 1. The Morgan fingerprint density at radius 1 is 1.71 bits per heavy atom. The molecule has 17 heavy (non-hydrogen) atoms. The van der Waals surface area contributed by atoms with E-state index in [1.165, 1.54) is 4.88 Å². The number of aromatic nitrogens is 1. The molecule has 1 aliphatic heterocycles. The maximum Gasteiger partial charge on any atom is 0.255 e. The molecule has 1 fully saturated rings. The highest BCUT2D eigenvalue weighted by atomic mass is 32.1. The third kappa shape index (κ3) is 3.04. The van der Waals surface area contributed by atoms with Crippen molar-refractivity contribution in [2.24, 2.45) is 5.92 Å². The van der Waals surface area contributed by atoms with Gasteiger partial charge in [0.15, 0.2) is 5.13 Å². The van der Waals surface area contributed by atoms with Crippen molar-refractivity contribution in [3.05, 3.63) is 11.1 Å². The SMILES string of the molecule is CCCc1cnc(NC(=O)[C@H]2OCC[C@H]2C)s1. The molecule has 1 aliphatic rings. The first-order chi connectivity index (χ1) is 8.20. The van der Waals surface area contributed by atoms with Crippen molar-refractivity contribution in [1.29, 1.82) is 0 Å². The lowest BCUT2D eigenvalue weighted by atomic mass is 10.0. The Kier molecular flexibility index (Phi) is 4.12. The number of anilines is 1. The number of carbonyl (C=O) groups is 1. The van der Waals surface area contributed by atoms with Crippen molar-refractivity contribution in [3.63, 3.8) is 0 Å². The largest absolute Gasteiger partial charge is 0.368 e. The molecule has 1 aromatic heterocycles. The van der Waals surface area contributed by atoms with Crippen LogP contribution in [0.2, 0.25) is 0 Å². The molecule has 1 N–H and O–H groups in total. The molecule has 2 rings (SSSR count). The zero-order valence-corrected chi connectivity index (χ0v) is 11.0. The molecule has 0 aliphatic carbocycles. The Balaban J connectivity index is 1.93. The molecule has 0 spiro atoms. The molecule has 0 saturated carbocycles. The lowest BCUT2D eigenvalue weighted by molar-refractivity contribution is -0.126. The van der Waals surface area contributed by atoms with Crippen LogP contribution in [0.1, 0.15) is 31.6 Å². The number of nitrogens with one attached hydrogen (secondary N) is 1. The summed E-state index contributed by atoms with van der Waals surface area (Å²) in [7, 11) is 0. The second kappa shape index (κ2) is 5.60. The predicted octanol–water partition coefficient (Wildman–Crippen LogP) is 2.46. The normalized spacial score (nSPS) is 23.9. The zero-order valence-electron chi connectivity index (χ0n) is 10.2. The number of hydrogen-bond donors (Lipinski definition) is 1. The fraction of sp³-hybridized carbons (Fsp3) is 0.667. The van der Waals surface area contributed by atoms with Gasteiger partial charge in [-0.3, -0.25) is 10.1 Å². The molecule has 1 amide bonds. The monoisotopic (exact) mass is 254 g/mol. The Bertz CT molecular complexity index is 392. The number of ether oxygens (including phenoxy) is 1. The van der Waals surface area contributed by atoms with Crippen LogP contribution >= 0.6 is 11.3 Å². The number of rotatable bonds is 4. The smallest absolute Gasteiger partial charge is 0.255 e. The molecule has 1 saturated heterocycles. The highest BCUT2D eigenvalue weighted by Crippen LogP contribution is 2.24. The van der Waals surface area contributed by atoms with Crippen LogP contribution in [-0.2, 0) is 16.0 Å². The van der Waals surface area contributed by atoms with Gasteiger partial charge in [-0.15, -0.1) is 11.3 Å². The van der Waals surface area contributed by atoms with E-state index in [-0.39, 0.29) is 12.0 Å². The van der Waals surface area contributed by atoms with Crippen LogP contribution in [0.25, 0.3) is 0 Å². The van der Waals surface area contributed by atoms with Gasteiger partial charge in [0, 0.05) is 17.7 Å². The molecule has 1 aromatic rings. The first-order valence-electron chi connectivity index (χ1n) is 6.08. The third-order valence-electron chi connectivity index (χ3n) is 2.93. The average molecular weight is 254 g/mol. The zero-order chi connectivity index (χ0) is 12.3. The van der Waals surface area contributed by atoms with Crippen LogP contribution in [-0.4, -0.2) is 23.6 Å². The number of hydrogen-bond acceptors (Lipinski definition) is 4. The fourth-order valence-corrected chi connectivity index (χ4v) is 2.85. The Morgan fingerprint density at radius 2 is 2.53 bits per heavy atom. The van der Waals surface area contributed by atoms with E-state index in [1.807, 2.05) is 13.1 Å². The van der Waals surface area contributed by atoms with Crippen LogP contribution in [0.4, 0.5) is 5.13 Å². The molecule has 0 radical (unpaired) electrons.